The van der Waals surface area contributed by atoms with Gasteiger partial charge in [0.2, 0.25) is 0 Å². The van der Waals surface area contributed by atoms with E-state index in [2.05, 4.69) is 5.32 Å². The fraction of sp³-hybridized carbons (Fsp3) is 0.889. The van der Waals surface area contributed by atoms with Gasteiger partial charge in [-0.25, -0.2) is 0 Å². The summed E-state index contributed by atoms with van der Waals surface area (Å²) in [7, 11) is 1.88. The number of carbonyl (C=O) groups excluding carboxylic acids is 1. The first-order valence-corrected chi connectivity index (χ1v) is 4.43. The van der Waals surface area contributed by atoms with E-state index in [0.29, 0.717) is 11.7 Å². The van der Waals surface area contributed by atoms with E-state index in [4.69, 9.17) is 0 Å². The van der Waals surface area contributed by atoms with Crippen LogP contribution in [0.3, 0.4) is 0 Å². The van der Waals surface area contributed by atoms with Crippen molar-refractivity contribution < 1.29 is 4.79 Å². The largest absolute Gasteiger partial charge is 0.310 e. The highest BCUT2D eigenvalue weighted by Gasteiger charge is 2.26. The second-order valence-electron chi connectivity index (χ2n) is 3.42. The van der Waals surface area contributed by atoms with Crippen molar-refractivity contribution in [1.82, 2.24) is 5.32 Å². The standard InChI is InChI=1S/C9H17NO/c1-7(11)9(10-2)8-5-3-4-6-8/h8-10H,3-6H2,1-2H3/t9-/m1/s1. The average Bonchev–Trinajstić information content (AvgIpc) is 2.40. The summed E-state index contributed by atoms with van der Waals surface area (Å²) in [6.45, 7) is 1.68. The van der Waals surface area contributed by atoms with Crippen LogP contribution in [0.1, 0.15) is 32.6 Å². The highest BCUT2D eigenvalue weighted by atomic mass is 16.1. The lowest BCUT2D eigenvalue weighted by Gasteiger charge is -2.19. The van der Waals surface area contributed by atoms with Crippen molar-refractivity contribution in [3.05, 3.63) is 0 Å². The van der Waals surface area contributed by atoms with Crippen LogP contribution >= 0.6 is 0 Å². The molecule has 2 heteroatoms. The summed E-state index contributed by atoms with van der Waals surface area (Å²) < 4.78 is 0. The zero-order chi connectivity index (χ0) is 8.27. The number of likely N-dealkylation sites (N-methyl/N-ethyl adjacent to an activating group) is 1. The predicted octanol–water partition coefficient (Wildman–Crippen LogP) is 1.35. The van der Waals surface area contributed by atoms with Crippen molar-refractivity contribution in [2.45, 2.75) is 38.6 Å². The van der Waals surface area contributed by atoms with Crippen LogP contribution in [-0.4, -0.2) is 18.9 Å². The van der Waals surface area contributed by atoms with E-state index in [1.807, 2.05) is 7.05 Å². The molecule has 0 amide bonds. The number of carbonyl (C=O) groups is 1. The SMILES string of the molecule is CN[C@H](C(C)=O)C1CCCC1. The molecule has 0 aliphatic heterocycles. The van der Waals surface area contributed by atoms with Crippen LogP contribution < -0.4 is 5.32 Å². The summed E-state index contributed by atoms with van der Waals surface area (Å²) in [6.07, 6.45) is 5.06. The highest BCUT2D eigenvalue weighted by molar-refractivity contribution is 5.81. The minimum atomic E-state index is 0.123. The molecule has 11 heavy (non-hydrogen) atoms. The molecule has 0 radical (unpaired) electrons. The molecule has 0 bridgehead atoms. The maximum Gasteiger partial charge on any atom is 0.146 e. The Hall–Kier alpha value is -0.370. The summed E-state index contributed by atoms with van der Waals surface area (Å²) in [4.78, 5) is 11.1. The molecule has 2 nitrogen and oxygen atoms in total. The smallest absolute Gasteiger partial charge is 0.146 e. The van der Waals surface area contributed by atoms with Gasteiger partial charge in [-0.1, -0.05) is 12.8 Å². The zero-order valence-electron chi connectivity index (χ0n) is 7.39. The third kappa shape index (κ3) is 2.03. The Morgan fingerprint density at radius 2 is 2.00 bits per heavy atom. The summed E-state index contributed by atoms with van der Waals surface area (Å²) in [5, 5.41) is 3.09. The predicted molar refractivity (Wildman–Crippen MR) is 45.5 cm³/mol. The average molecular weight is 155 g/mol. The number of rotatable bonds is 3. The molecule has 1 N–H and O–H groups in total. The van der Waals surface area contributed by atoms with Crippen LogP contribution in [0.25, 0.3) is 0 Å². The van der Waals surface area contributed by atoms with E-state index in [9.17, 15) is 4.79 Å². The molecule has 0 aromatic carbocycles. The lowest BCUT2D eigenvalue weighted by molar-refractivity contribution is -0.120. The normalized spacial score (nSPS) is 22.0. The zero-order valence-corrected chi connectivity index (χ0v) is 7.39. The molecular weight excluding hydrogens is 138 g/mol. The molecule has 1 rings (SSSR count). The van der Waals surface area contributed by atoms with E-state index in [1.165, 1.54) is 25.7 Å². The van der Waals surface area contributed by atoms with Gasteiger partial charge in [0, 0.05) is 0 Å². The first kappa shape index (κ1) is 8.72. The van der Waals surface area contributed by atoms with Crippen molar-refractivity contribution in [3.8, 4) is 0 Å². The maximum atomic E-state index is 11.1. The Kier molecular flexibility index (Phi) is 3.06. The van der Waals surface area contributed by atoms with Gasteiger partial charge in [0.05, 0.1) is 6.04 Å². The Morgan fingerprint density at radius 1 is 1.45 bits per heavy atom. The summed E-state index contributed by atoms with van der Waals surface area (Å²) in [5.74, 6) is 0.900. The van der Waals surface area contributed by atoms with Gasteiger partial charge in [-0.2, -0.15) is 0 Å². The molecule has 1 saturated carbocycles. The molecule has 1 atom stereocenters. The Morgan fingerprint density at radius 3 is 2.36 bits per heavy atom. The molecule has 1 aliphatic carbocycles. The van der Waals surface area contributed by atoms with Crippen LogP contribution in [0.2, 0.25) is 0 Å². The Balaban J connectivity index is 2.46. The molecule has 64 valence electrons. The van der Waals surface area contributed by atoms with Gasteiger partial charge < -0.3 is 5.32 Å². The molecule has 1 aliphatic rings. The first-order valence-electron chi connectivity index (χ1n) is 4.43. The molecule has 0 aromatic rings. The topological polar surface area (TPSA) is 29.1 Å². The number of nitrogens with one attached hydrogen (secondary N) is 1. The van der Waals surface area contributed by atoms with Crippen LogP contribution in [0.4, 0.5) is 0 Å². The highest BCUT2D eigenvalue weighted by Crippen LogP contribution is 2.27. The lowest BCUT2D eigenvalue weighted by atomic mass is 9.95. The lowest BCUT2D eigenvalue weighted by Crippen LogP contribution is -2.38. The van der Waals surface area contributed by atoms with Crippen LogP contribution in [0.15, 0.2) is 0 Å². The minimum absolute atomic E-state index is 0.123. The summed E-state index contributed by atoms with van der Waals surface area (Å²) in [5.41, 5.74) is 0. The monoisotopic (exact) mass is 155 g/mol. The first-order chi connectivity index (χ1) is 5.25. The number of Topliss-reactive ketones (excluding diaryl/α,β-unsaturated/α-hetero) is 1. The molecule has 0 aromatic heterocycles. The fourth-order valence-corrected chi connectivity index (χ4v) is 2.06. The number of ketones is 1. The van der Waals surface area contributed by atoms with Gasteiger partial charge in [-0.05, 0) is 32.7 Å². The van der Waals surface area contributed by atoms with Crippen LogP contribution in [0.5, 0.6) is 0 Å². The third-order valence-corrected chi connectivity index (χ3v) is 2.62. The molecule has 0 spiro atoms. The van der Waals surface area contributed by atoms with E-state index < -0.39 is 0 Å². The van der Waals surface area contributed by atoms with Crippen molar-refractivity contribution >= 4 is 5.78 Å². The number of hydrogen-bond acceptors (Lipinski definition) is 2. The van der Waals surface area contributed by atoms with Gasteiger partial charge in [0.15, 0.2) is 0 Å². The van der Waals surface area contributed by atoms with Gasteiger partial charge in [-0.3, -0.25) is 4.79 Å². The van der Waals surface area contributed by atoms with Crippen molar-refractivity contribution in [3.63, 3.8) is 0 Å². The van der Waals surface area contributed by atoms with Crippen LogP contribution in [0, 0.1) is 5.92 Å². The van der Waals surface area contributed by atoms with Gasteiger partial charge in [-0.15, -0.1) is 0 Å². The van der Waals surface area contributed by atoms with E-state index in [-0.39, 0.29) is 6.04 Å². The fourth-order valence-electron chi connectivity index (χ4n) is 2.06. The minimum Gasteiger partial charge on any atom is -0.310 e. The molecule has 0 saturated heterocycles. The van der Waals surface area contributed by atoms with Crippen molar-refractivity contribution in [2.75, 3.05) is 7.05 Å². The molecule has 1 fully saturated rings. The maximum absolute atomic E-state index is 11.1. The van der Waals surface area contributed by atoms with Crippen LogP contribution in [-0.2, 0) is 4.79 Å². The van der Waals surface area contributed by atoms with E-state index >= 15 is 0 Å². The van der Waals surface area contributed by atoms with Gasteiger partial charge >= 0.3 is 0 Å². The van der Waals surface area contributed by atoms with Gasteiger partial charge in [0.25, 0.3) is 0 Å². The second kappa shape index (κ2) is 3.86. The molecular formula is C9H17NO. The van der Waals surface area contributed by atoms with Crippen molar-refractivity contribution in [2.24, 2.45) is 5.92 Å². The van der Waals surface area contributed by atoms with E-state index in [0.717, 1.165) is 0 Å². The quantitative estimate of drug-likeness (QED) is 0.666. The molecule has 0 heterocycles. The van der Waals surface area contributed by atoms with Crippen molar-refractivity contribution in [1.29, 1.82) is 0 Å². The second-order valence-corrected chi connectivity index (χ2v) is 3.42. The molecule has 0 unspecified atom stereocenters. The number of hydrogen-bond donors (Lipinski definition) is 1. The Labute approximate surface area is 68.4 Å². The van der Waals surface area contributed by atoms with E-state index in [1.54, 1.807) is 6.92 Å². The summed E-state index contributed by atoms with van der Waals surface area (Å²) >= 11 is 0. The summed E-state index contributed by atoms with van der Waals surface area (Å²) in [6, 6.07) is 0.123. The third-order valence-electron chi connectivity index (χ3n) is 2.62. The van der Waals surface area contributed by atoms with Gasteiger partial charge in [0.1, 0.15) is 5.78 Å². The Bertz CT molecular complexity index is 138.